The van der Waals surface area contributed by atoms with Crippen LogP contribution in [0.2, 0.25) is 0 Å². The molecule has 1 rings (SSSR count). The van der Waals surface area contributed by atoms with E-state index >= 15 is 0 Å². The smallest absolute Gasteiger partial charge is 0.326 e. The van der Waals surface area contributed by atoms with E-state index in [0.29, 0.717) is 18.4 Å². The van der Waals surface area contributed by atoms with Crippen LogP contribution in [0.4, 0.5) is 0 Å². The molecular formula is C26H39NO8. The first-order valence-electron chi connectivity index (χ1n) is 12.1. The van der Waals surface area contributed by atoms with E-state index < -0.39 is 29.4 Å². The lowest BCUT2D eigenvalue weighted by atomic mass is 9.88. The topological polar surface area (TPSA) is 131 Å². The van der Waals surface area contributed by atoms with Gasteiger partial charge in [-0.25, -0.2) is 0 Å². The monoisotopic (exact) mass is 493 g/mol. The normalized spacial score (nSPS) is 12.5. The quantitative estimate of drug-likeness (QED) is 0.285. The molecule has 196 valence electrons. The summed E-state index contributed by atoms with van der Waals surface area (Å²) in [5, 5.41) is 0. The van der Waals surface area contributed by atoms with E-state index in [0.717, 1.165) is 12.8 Å². The highest BCUT2D eigenvalue weighted by atomic mass is 16.6. The zero-order chi connectivity index (χ0) is 26.4. The molecule has 0 aromatic heterocycles. The Morgan fingerprint density at radius 2 is 1.51 bits per heavy atom. The minimum atomic E-state index is -1.49. The average molecular weight is 494 g/mol. The van der Waals surface area contributed by atoms with Gasteiger partial charge in [-0.05, 0) is 30.5 Å². The maximum absolute atomic E-state index is 12.5. The number of carbonyl (C=O) groups excluding carboxylic acids is 4. The number of nitrogens with two attached hydrogens (primary N) is 1. The molecule has 9 nitrogen and oxygen atoms in total. The van der Waals surface area contributed by atoms with E-state index in [1.165, 1.54) is 19.2 Å². The van der Waals surface area contributed by atoms with Crippen LogP contribution >= 0.6 is 0 Å². The lowest BCUT2D eigenvalue weighted by molar-refractivity contribution is -0.152. The maximum Gasteiger partial charge on any atom is 0.326 e. The summed E-state index contributed by atoms with van der Waals surface area (Å²) >= 11 is 0. The summed E-state index contributed by atoms with van der Waals surface area (Å²) in [5.74, 6) is -2.07. The fourth-order valence-corrected chi connectivity index (χ4v) is 3.15. The van der Waals surface area contributed by atoms with Gasteiger partial charge in [-0.3, -0.25) is 19.2 Å². The molecule has 1 aromatic carbocycles. The molecule has 0 amide bonds. The molecule has 0 saturated heterocycles. The number of benzene rings is 1. The van der Waals surface area contributed by atoms with Gasteiger partial charge >= 0.3 is 23.9 Å². The van der Waals surface area contributed by atoms with Crippen molar-refractivity contribution in [2.45, 2.75) is 84.6 Å². The number of rotatable bonds is 15. The molecule has 0 spiro atoms. The molecule has 0 aliphatic heterocycles. The molecule has 0 radical (unpaired) electrons. The third-order valence-electron chi connectivity index (χ3n) is 5.30. The largest absolute Gasteiger partial charge is 0.468 e. The van der Waals surface area contributed by atoms with Gasteiger partial charge in [0.2, 0.25) is 0 Å². The molecule has 1 atom stereocenters. The van der Waals surface area contributed by atoms with Crippen molar-refractivity contribution in [2.75, 3.05) is 13.7 Å². The molecule has 0 fully saturated rings. The van der Waals surface area contributed by atoms with Crippen LogP contribution in [0.5, 0.6) is 11.5 Å². The molecule has 2 N–H and O–H groups in total. The number of esters is 4. The molecule has 9 heteroatoms. The number of unbranched alkanes of at least 4 members (excludes halogenated alkanes) is 2. The molecular weight excluding hydrogens is 454 g/mol. The van der Waals surface area contributed by atoms with E-state index in [1.54, 1.807) is 19.9 Å². The second kappa shape index (κ2) is 15.1. The van der Waals surface area contributed by atoms with Gasteiger partial charge < -0.3 is 24.7 Å². The number of hydrogen-bond acceptors (Lipinski definition) is 9. The first kappa shape index (κ1) is 30.1. The molecule has 0 saturated carbocycles. The van der Waals surface area contributed by atoms with Gasteiger partial charge in [-0.2, -0.15) is 0 Å². The Morgan fingerprint density at radius 3 is 2.03 bits per heavy atom. The van der Waals surface area contributed by atoms with Crippen LogP contribution < -0.4 is 15.2 Å². The molecule has 35 heavy (non-hydrogen) atoms. The average Bonchev–Trinajstić information content (AvgIpc) is 2.82. The van der Waals surface area contributed by atoms with Crippen LogP contribution in [0.1, 0.15) is 78.2 Å². The van der Waals surface area contributed by atoms with Crippen LogP contribution in [0.15, 0.2) is 18.2 Å². The predicted molar refractivity (Wildman–Crippen MR) is 130 cm³/mol. The van der Waals surface area contributed by atoms with Crippen LogP contribution in [-0.2, 0) is 35.1 Å². The van der Waals surface area contributed by atoms with Crippen molar-refractivity contribution in [3.8, 4) is 11.5 Å². The second-order valence-electron chi connectivity index (χ2n) is 8.83. The molecule has 0 bridgehead atoms. The van der Waals surface area contributed by atoms with E-state index in [-0.39, 0.29) is 49.7 Å². The van der Waals surface area contributed by atoms with Gasteiger partial charge in [0, 0.05) is 25.7 Å². The van der Waals surface area contributed by atoms with Gasteiger partial charge in [-0.15, -0.1) is 0 Å². The summed E-state index contributed by atoms with van der Waals surface area (Å²) < 4.78 is 21.0. The van der Waals surface area contributed by atoms with E-state index in [4.69, 9.17) is 24.7 Å². The third kappa shape index (κ3) is 10.5. The van der Waals surface area contributed by atoms with Crippen LogP contribution in [0.3, 0.4) is 0 Å². The van der Waals surface area contributed by atoms with Gasteiger partial charge in [0.25, 0.3) is 0 Å². The van der Waals surface area contributed by atoms with Gasteiger partial charge in [0.1, 0.15) is 5.54 Å². The fraction of sp³-hybridized carbons (Fsp3) is 0.615. The van der Waals surface area contributed by atoms with Crippen molar-refractivity contribution in [3.05, 3.63) is 23.8 Å². The zero-order valence-electron chi connectivity index (χ0n) is 21.5. The molecule has 0 aliphatic carbocycles. The fourth-order valence-electron chi connectivity index (χ4n) is 3.15. The van der Waals surface area contributed by atoms with Crippen molar-refractivity contribution in [1.82, 2.24) is 0 Å². The molecule has 1 unspecified atom stereocenters. The zero-order valence-corrected chi connectivity index (χ0v) is 21.5. The lowest BCUT2D eigenvalue weighted by Crippen LogP contribution is -2.51. The summed E-state index contributed by atoms with van der Waals surface area (Å²) in [4.78, 5) is 48.7. The minimum Gasteiger partial charge on any atom is -0.468 e. The third-order valence-corrected chi connectivity index (χ3v) is 5.30. The summed E-state index contributed by atoms with van der Waals surface area (Å²) in [7, 11) is 1.23. The van der Waals surface area contributed by atoms with Crippen molar-refractivity contribution < 1.29 is 38.1 Å². The van der Waals surface area contributed by atoms with Crippen LogP contribution in [0, 0.1) is 5.92 Å². The molecule has 1 aromatic rings. The van der Waals surface area contributed by atoms with E-state index in [1.807, 2.05) is 13.8 Å². The Kier molecular flexibility index (Phi) is 13.0. The Labute approximate surface area is 207 Å². The Bertz CT molecular complexity index is 867. The Morgan fingerprint density at radius 1 is 0.943 bits per heavy atom. The van der Waals surface area contributed by atoms with E-state index in [2.05, 4.69) is 0 Å². The lowest BCUT2D eigenvalue weighted by Gasteiger charge is -2.27. The summed E-state index contributed by atoms with van der Waals surface area (Å²) in [6.07, 6.45) is 3.50. The number of carbonyl (C=O) groups is 4. The number of ether oxygens (including phenoxy) is 4. The van der Waals surface area contributed by atoms with Crippen molar-refractivity contribution in [2.24, 2.45) is 11.7 Å². The van der Waals surface area contributed by atoms with Gasteiger partial charge in [-0.1, -0.05) is 46.6 Å². The van der Waals surface area contributed by atoms with E-state index in [9.17, 15) is 19.2 Å². The predicted octanol–water partition coefficient (Wildman–Crippen LogP) is 3.88. The van der Waals surface area contributed by atoms with Gasteiger partial charge in [0.15, 0.2) is 11.5 Å². The maximum atomic E-state index is 12.5. The van der Waals surface area contributed by atoms with Crippen molar-refractivity contribution in [1.29, 1.82) is 0 Å². The van der Waals surface area contributed by atoms with Crippen LogP contribution in [-0.4, -0.2) is 43.1 Å². The highest BCUT2D eigenvalue weighted by Crippen LogP contribution is 2.31. The highest BCUT2D eigenvalue weighted by Gasteiger charge is 2.36. The number of methoxy groups -OCH3 is 1. The minimum absolute atomic E-state index is 0.0163. The highest BCUT2D eigenvalue weighted by molar-refractivity contribution is 5.81. The standard InChI is InChI=1S/C26H39NO8/c1-6-8-10-22(28)34-20-13-12-19(16-21(20)35-23(29)11-9-7-2)17-26(27,25(31)32-5)14-15-33-24(30)18(3)4/h12-13,16,18H,6-11,14-15,17,27H2,1-5H3. The summed E-state index contributed by atoms with van der Waals surface area (Å²) in [6, 6.07) is 4.67. The summed E-state index contributed by atoms with van der Waals surface area (Å²) in [5.41, 5.74) is 5.44. The molecule has 0 aliphatic rings. The first-order chi connectivity index (χ1) is 16.6. The second-order valence-corrected chi connectivity index (χ2v) is 8.83. The summed E-state index contributed by atoms with van der Waals surface area (Å²) in [6.45, 7) is 7.28. The van der Waals surface area contributed by atoms with Gasteiger partial charge in [0.05, 0.1) is 19.6 Å². The number of hydrogen-bond donors (Lipinski definition) is 1. The van der Waals surface area contributed by atoms with Crippen molar-refractivity contribution >= 4 is 23.9 Å². The Balaban J connectivity index is 3.14. The van der Waals surface area contributed by atoms with Crippen molar-refractivity contribution in [3.63, 3.8) is 0 Å². The molecule has 0 heterocycles. The SMILES string of the molecule is CCCCC(=O)Oc1ccc(CC(N)(CCOC(=O)C(C)C)C(=O)OC)cc1OC(=O)CCCC. The Hall–Kier alpha value is -2.94. The first-order valence-corrected chi connectivity index (χ1v) is 12.1. The van der Waals surface area contributed by atoms with Crippen LogP contribution in [0.25, 0.3) is 0 Å².